The van der Waals surface area contributed by atoms with Crippen LogP contribution in [0.4, 0.5) is 5.82 Å². The van der Waals surface area contributed by atoms with E-state index in [1.165, 1.54) is 10.4 Å². The molecule has 126 valence electrons. The van der Waals surface area contributed by atoms with Gasteiger partial charge in [-0.1, -0.05) is 29.8 Å². The van der Waals surface area contributed by atoms with Gasteiger partial charge in [-0.25, -0.2) is 4.98 Å². The second-order valence-corrected chi connectivity index (χ2v) is 7.24. The molecule has 0 bridgehead atoms. The van der Waals surface area contributed by atoms with Gasteiger partial charge in [0, 0.05) is 23.5 Å². The number of likely N-dealkylation sites (N-methyl/N-ethyl adjacent to an activating group) is 1. The Morgan fingerprint density at radius 1 is 1.17 bits per heavy atom. The third-order valence-electron chi connectivity index (χ3n) is 4.07. The van der Waals surface area contributed by atoms with Crippen molar-refractivity contribution in [3.8, 4) is 11.1 Å². The van der Waals surface area contributed by atoms with Crippen LogP contribution in [0.3, 0.4) is 0 Å². The van der Waals surface area contributed by atoms with E-state index in [9.17, 15) is 5.11 Å². The Morgan fingerprint density at radius 2 is 1.88 bits per heavy atom. The van der Waals surface area contributed by atoms with E-state index in [1.54, 1.807) is 11.3 Å². The largest absolute Gasteiger partial charge is 0.395 e. The molecule has 0 aliphatic carbocycles. The summed E-state index contributed by atoms with van der Waals surface area (Å²) in [5, 5.41) is 10.6. The van der Waals surface area contributed by atoms with E-state index in [0.717, 1.165) is 33.7 Å². The normalized spacial score (nSPS) is 11.2. The predicted molar refractivity (Wildman–Crippen MR) is 102 cm³/mol. The molecule has 0 spiro atoms. The van der Waals surface area contributed by atoms with Crippen molar-refractivity contribution in [2.75, 3.05) is 24.6 Å². The lowest BCUT2D eigenvalue weighted by Crippen LogP contribution is -2.27. The van der Waals surface area contributed by atoms with Gasteiger partial charge in [0.1, 0.15) is 10.6 Å². The molecule has 0 aliphatic rings. The van der Waals surface area contributed by atoms with E-state index in [4.69, 9.17) is 11.6 Å². The van der Waals surface area contributed by atoms with Crippen LogP contribution in [0.1, 0.15) is 17.4 Å². The molecule has 0 fully saturated rings. The minimum absolute atomic E-state index is 0.0694. The maximum Gasteiger partial charge on any atom is 0.225 e. The Morgan fingerprint density at radius 3 is 2.50 bits per heavy atom. The number of rotatable bonds is 5. The number of aliphatic hydroxyl groups is 1. The number of aromatic nitrogens is 2. The van der Waals surface area contributed by atoms with Crippen molar-refractivity contribution < 1.29 is 5.11 Å². The molecule has 3 rings (SSSR count). The minimum Gasteiger partial charge on any atom is -0.395 e. The number of halogens is 1. The van der Waals surface area contributed by atoms with Crippen LogP contribution < -0.4 is 4.90 Å². The van der Waals surface area contributed by atoms with Crippen molar-refractivity contribution in [3.05, 3.63) is 40.0 Å². The Balaban J connectivity index is 2.29. The zero-order chi connectivity index (χ0) is 17.3. The van der Waals surface area contributed by atoms with Crippen LogP contribution in [-0.4, -0.2) is 34.8 Å². The second-order valence-electron chi connectivity index (χ2n) is 5.70. The molecule has 0 aliphatic heterocycles. The molecule has 0 atom stereocenters. The van der Waals surface area contributed by atoms with Gasteiger partial charge in [-0.15, -0.1) is 11.3 Å². The Kier molecular flexibility index (Phi) is 5.04. The number of thiophene rings is 1. The SMILES string of the molecule is CCN(CCO)c1nc(Cl)nc2sc(C)c(-c3ccc(C)cc3)c12. The average molecular weight is 362 g/mol. The number of aliphatic hydroxyl groups excluding tert-OH is 1. The highest BCUT2D eigenvalue weighted by atomic mass is 35.5. The number of nitrogens with zero attached hydrogens (tertiary/aromatic N) is 3. The van der Waals surface area contributed by atoms with Crippen LogP contribution >= 0.6 is 22.9 Å². The summed E-state index contributed by atoms with van der Waals surface area (Å²) in [7, 11) is 0. The highest BCUT2D eigenvalue weighted by molar-refractivity contribution is 7.19. The molecule has 1 N–H and O–H groups in total. The van der Waals surface area contributed by atoms with Gasteiger partial charge in [0.15, 0.2) is 0 Å². The van der Waals surface area contributed by atoms with Crippen molar-refractivity contribution in [1.29, 1.82) is 0 Å². The number of hydrogen-bond acceptors (Lipinski definition) is 5. The molecule has 3 aromatic rings. The third kappa shape index (κ3) is 3.11. The average Bonchev–Trinajstić information content (AvgIpc) is 2.88. The van der Waals surface area contributed by atoms with Crippen LogP contribution in [-0.2, 0) is 0 Å². The number of aryl methyl sites for hydroxylation is 2. The van der Waals surface area contributed by atoms with Gasteiger partial charge in [0.2, 0.25) is 5.28 Å². The minimum atomic E-state index is 0.0694. The number of benzene rings is 1. The highest BCUT2D eigenvalue weighted by Crippen LogP contribution is 2.42. The van der Waals surface area contributed by atoms with Crippen LogP contribution in [0.15, 0.2) is 24.3 Å². The van der Waals surface area contributed by atoms with E-state index < -0.39 is 0 Å². The fourth-order valence-electron chi connectivity index (χ4n) is 2.90. The Hall–Kier alpha value is -1.69. The van der Waals surface area contributed by atoms with E-state index >= 15 is 0 Å². The van der Waals surface area contributed by atoms with Gasteiger partial charge >= 0.3 is 0 Å². The Labute approximate surface area is 150 Å². The van der Waals surface area contributed by atoms with Gasteiger partial charge in [0.05, 0.1) is 12.0 Å². The van der Waals surface area contributed by atoms with Gasteiger partial charge in [0.25, 0.3) is 0 Å². The zero-order valence-electron chi connectivity index (χ0n) is 14.0. The van der Waals surface area contributed by atoms with E-state index in [1.807, 2.05) is 11.8 Å². The standard InChI is InChI=1S/C18H20ClN3OS/c1-4-22(9-10-23)16-15-14(13-7-5-11(2)6-8-13)12(3)24-17(15)21-18(19)20-16/h5-8,23H,4,9-10H2,1-3H3. The second kappa shape index (κ2) is 7.05. The fourth-order valence-corrected chi connectivity index (χ4v) is 4.15. The summed E-state index contributed by atoms with van der Waals surface area (Å²) >= 11 is 7.78. The maximum atomic E-state index is 9.38. The molecule has 2 heterocycles. The molecule has 0 amide bonds. The molecule has 24 heavy (non-hydrogen) atoms. The topological polar surface area (TPSA) is 49.2 Å². The highest BCUT2D eigenvalue weighted by Gasteiger charge is 2.21. The van der Waals surface area contributed by atoms with Crippen LogP contribution in [0.2, 0.25) is 5.28 Å². The molecular formula is C18H20ClN3OS. The smallest absolute Gasteiger partial charge is 0.225 e. The van der Waals surface area contributed by atoms with Crippen molar-refractivity contribution in [2.24, 2.45) is 0 Å². The lowest BCUT2D eigenvalue weighted by molar-refractivity contribution is 0.302. The molecule has 6 heteroatoms. The zero-order valence-corrected chi connectivity index (χ0v) is 15.6. The Bertz CT molecular complexity index is 861. The third-order valence-corrected chi connectivity index (χ3v) is 5.24. The van der Waals surface area contributed by atoms with E-state index in [0.29, 0.717) is 6.54 Å². The molecule has 0 saturated heterocycles. The predicted octanol–water partition coefficient (Wildman–Crippen LogP) is 4.45. The molecule has 2 aromatic heterocycles. The summed E-state index contributed by atoms with van der Waals surface area (Å²) in [6, 6.07) is 8.48. The molecule has 4 nitrogen and oxygen atoms in total. The first-order chi connectivity index (χ1) is 11.5. The monoisotopic (exact) mass is 361 g/mol. The van der Waals surface area contributed by atoms with Crippen molar-refractivity contribution in [2.45, 2.75) is 20.8 Å². The summed E-state index contributed by atoms with van der Waals surface area (Å²) in [5.41, 5.74) is 3.53. The van der Waals surface area contributed by atoms with Crippen molar-refractivity contribution in [1.82, 2.24) is 9.97 Å². The summed E-state index contributed by atoms with van der Waals surface area (Å²) in [6.45, 7) is 7.55. The summed E-state index contributed by atoms with van der Waals surface area (Å²) in [5.74, 6) is 0.793. The van der Waals surface area contributed by atoms with Crippen LogP contribution in [0.5, 0.6) is 0 Å². The molecular weight excluding hydrogens is 342 g/mol. The van der Waals surface area contributed by atoms with Crippen molar-refractivity contribution >= 4 is 39.0 Å². The first-order valence-corrected chi connectivity index (χ1v) is 9.14. The summed E-state index contributed by atoms with van der Waals surface area (Å²) in [4.78, 5) is 13.0. The molecule has 0 unspecified atom stereocenters. The van der Waals surface area contributed by atoms with Gasteiger partial charge in [-0.3, -0.25) is 0 Å². The van der Waals surface area contributed by atoms with Crippen molar-refractivity contribution in [3.63, 3.8) is 0 Å². The van der Waals surface area contributed by atoms with E-state index in [-0.39, 0.29) is 11.9 Å². The van der Waals surface area contributed by atoms with Gasteiger partial charge in [-0.2, -0.15) is 4.98 Å². The molecule has 0 radical (unpaired) electrons. The summed E-state index contributed by atoms with van der Waals surface area (Å²) < 4.78 is 0. The maximum absolute atomic E-state index is 9.38. The molecule has 1 aromatic carbocycles. The fraction of sp³-hybridized carbons (Fsp3) is 0.333. The van der Waals surface area contributed by atoms with E-state index in [2.05, 4.69) is 48.1 Å². The first kappa shape index (κ1) is 17.1. The number of anilines is 1. The lowest BCUT2D eigenvalue weighted by atomic mass is 10.0. The number of hydrogen-bond donors (Lipinski definition) is 1. The molecule has 0 saturated carbocycles. The van der Waals surface area contributed by atoms with Gasteiger partial charge < -0.3 is 10.0 Å². The van der Waals surface area contributed by atoms with Crippen LogP contribution in [0.25, 0.3) is 21.3 Å². The van der Waals surface area contributed by atoms with Crippen LogP contribution in [0, 0.1) is 13.8 Å². The summed E-state index contributed by atoms with van der Waals surface area (Å²) in [6.07, 6.45) is 0. The number of fused-ring (bicyclic) bond motifs is 1. The lowest BCUT2D eigenvalue weighted by Gasteiger charge is -2.22. The first-order valence-electron chi connectivity index (χ1n) is 7.94. The quantitative estimate of drug-likeness (QED) is 0.682. The van der Waals surface area contributed by atoms with Gasteiger partial charge in [-0.05, 0) is 37.9 Å².